The number of nitrogens with one attached hydrogen (secondary N) is 1. The Kier molecular flexibility index (Phi) is 10.2. The van der Waals surface area contributed by atoms with Crippen molar-refractivity contribution >= 4 is 29.0 Å². The molecule has 3 amide bonds. The number of hydrogen-bond acceptors (Lipinski definition) is 6. The summed E-state index contributed by atoms with van der Waals surface area (Å²) in [5, 5.41) is 4.88. The molecule has 1 aromatic heterocycles. The van der Waals surface area contributed by atoms with Crippen LogP contribution < -0.4 is 14.8 Å². The van der Waals surface area contributed by atoms with Crippen LogP contribution in [-0.4, -0.2) is 73.6 Å². The highest BCUT2D eigenvalue weighted by atomic mass is 32.1. The topological polar surface area (TPSA) is 74.4 Å². The quantitative estimate of drug-likeness (QED) is 0.339. The molecule has 0 spiro atoms. The molecule has 3 aromatic rings. The fourth-order valence-electron chi connectivity index (χ4n) is 4.50. The van der Waals surface area contributed by atoms with Crippen LogP contribution in [0.4, 0.5) is 14.9 Å². The molecule has 208 valence electrons. The van der Waals surface area contributed by atoms with E-state index < -0.39 is 0 Å². The molecule has 10 heteroatoms. The summed E-state index contributed by atoms with van der Waals surface area (Å²) < 4.78 is 24.1. The summed E-state index contributed by atoms with van der Waals surface area (Å²) in [5.74, 6) is 0.581. The lowest BCUT2D eigenvalue weighted by Crippen LogP contribution is -2.46. The molecule has 0 unspecified atom stereocenters. The molecule has 0 saturated carbocycles. The van der Waals surface area contributed by atoms with E-state index in [0.29, 0.717) is 43.4 Å². The first-order valence-electron chi connectivity index (χ1n) is 13.0. The van der Waals surface area contributed by atoms with Crippen molar-refractivity contribution in [1.29, 1.82) is 0 Å². The summed E-state index contributed by atoms with van der Waals surface area (Å²) in [6.07, 6.45) is 2.28. The lowest BCUT2D eigenvalue weighted by Gasteiger charge is -2.29. The zero-order valence-corrected chi connectivity index (χ0v) is 23.2. The zero-order chi connectivity index (χ0) is 27.6. The predicted molar refractivity (Wildman–Crippen MR) is 151 cm³/mol. The molecule has 1 fully saturated rings. The number of likely N-dealkylation sites (tertiary alicyclic amines) is 1. The van der Waals surface area contributed by atoms with Crippen molar-refractivity contribution in [2.75, 3.05) is 52.3 Å². The number of ether oxygens (including phenoxy) is 2. The highest BCUT2D eigenvalue weighted by Crippen LogP contribution is 2.26. The Morgan fingerprint density at radius 3 is 2.28 bits per heavy atom. The third kappa shape index (κ3) is 8.43. The van der Waals surface area contributed by atoms with Gasteiger partial charge in [0.2, 0.25) is 5.91 Å². The van der Waals surface area contributed by atoms with E-state index in [2.05, 4.69) is 10.2 Å². The third-order valence-corrected chi connectivity index (χ3v) is 7.53. The van der Waals surface area contributed by atoms with Gasteiger partial charge in [-0.25, -0.2) is 9.18 Å². The first-order chi connectivity index (χ1) is 18.9. The van der Waals surface area contributed by atoms with Crippen molar-refractivity contribution in [3.63, 3.8) is 0 Å². The standard InChI is InChI=1S/C29H35FN4O4S/c1-37-25-16-24(17-26(18-25)38-2)31-29(36)33(14-13-32-11-3-4-12-32)21-28(35)34(20-27-6-5-15-39-27)19-22-7-9-23(30)10-8-22/h5-10,15-18H,3-4,11-14,19-21H2,1-2H3,(H,31,36). The van der Waals surface area contributed by atoms with Gasteiger partial charge in [-0.2, -0.15) is 0 Å². The van der Waals surface area contributed by atoms with Crippen LogP contribution in [0.25, 0.3) is 0 Å². The molecule has 2 heterocycles. The smallest absolute Gasteiger partial charge is 0.322 e. The van der Waals surface area contributed by atoms with Gasteiger partial charge in [-0.15, -0.1) is 11.3 Å². The van der Waals surface area contributed by atoms with Crippen LogP contribution in [-0.2, 0) is 17.9 Å². The number of methoxy groups -OCH3 is 2. The van der Waals surface area contributed by atoms with Crippen LogP contribution in [0.3, 0.4) is 0 Å². The predicted octanol–water partition coefficient (Wildman–Crippen LogP) is 5.06. The Hall–Kier alpha value is -3.63. The number of nitrogens with zero attached hydrogens (tertiary/aromatic N) is 3. The summed E-state index contributed by atoms with van der Waals surface area (Å²) >= 11 is 1.57. The lowest BCUT2D eigenvalue weighted by molar-refractivity contribution is -0.133. The van der Waals surface area contributed by atoms with Crippen molar-refractivity contribution in [3.05, 3.63) is 76.2 Å². The maximum atomic E-state index is 13.7. The Morgan fingerprint density at radius 1 is 0.974 bits per heavy atom. The SMILES string of the molecule is COc1cc(NC(=O)N(CCN2CCCC2)CC(=O)N(Cc2ccc(F)cc2)Cc2cccs2)cc(OC)c1. The van der Waals surface area contributed by atoms with E-state index in [1.807, 2.05) is 17.5 Å². The maximum absolute atomic E-state index is 13.7. The van der Waals surface area contributed by atoms with Gasteiger partial charge in [-0.05, 0) is 55.1 Å². The van der Waals surface area contributed by atoms with Crippen molar-refractivity contribution < 1.29 is 23.5 Å². The van der Waals surface area contributed by atoms with Gasteiger partial charge in [0, 0.05) is 48.4 Å². The number of thiophene rings is 1. The molecule has 8 nitrogen and oxygen atoms in total. The number of hydrogen-bond donors (Lipinski definition) is 1. The van der Waals surface area contributed by atoms with Crippen molar-refractivity contribution in [2.45, 2.75) is 25.9 Å². The number of rotatable bonds is 12. The van der Waals surface area contributed by atoms with E-state index in [1.54, 1.807) is 65.7 Å². The zero-order valence-electron chi connectivity index (χ0n) is 22.4. The second kappa shape index (κ2) is 14.0. The molecule has 2 aromatic carbocycles. The fourth-order valence-corrected chi connectivity index (χ4v) is 5.22. The van der Waals surface area contributed by atoms with Gasteiger partial charge in [-0.1, -0.05) is 18.2 Å². The number of carbonyl (C=O) groups is 2. The molecular weight excluding hydrogens is 519 g/mol. The maximum Gasteiger partial charge on any atom is 0.322 e. The molecule has 0 aliphatic carbocycles. The van der Waals surface area contributed by atoms with Crippen molar-refractivity contribution in [2.24, 2.45) is 0 Å². The Balaban J connectivity index is 1.51. The largest absolute Gasteiger partial charge is 0.497 e. The molecule has 0 atom stereocenters. The summed E-state index contributed by atoms with van der Waals surface area (Å²) in [4.78, 5) is 33.8. The van der Waals surface area contributed by atoms with Gasteiger partial charge in [0.15, 0.2) is 0 Å². The molecule has 0 radical (unpaired) electrons. The van der Waals surface area contributed by atoms with Crippen LogP contribution in [0.2, 0.25) is 0 Å². The summed E-state index contributed by atoms with van der Waals surface area (Å²) in [7, 11) is 3.09. The van der Waals surface area contributed by atoms with E-state index >= 15 is 0 Å². The van der Waals surface area contributed by atoms with Crippen LogP contribution in [0.15, 0.2) is 60.0 Å². The first-order valence-corrected chi connectivity index (χ1v) is 13.9. The van der Waals surface area contributed by atoms with E-state index in [1.165, 1.54) is 12.1 Å². The molecule has 1 aliphatic heterocycles. The van der Waals surface area contributed by atoms with Crippen LogP contribution >= 0.6 is 11.3 Å². The summed E-state index contributed by atoms with van der Waals surface area (Å²) in [6, 6.07) is 14.8. The molecule has 1 N–H and O–H groups in total. The van der Waals surface area contributed by atoms with Gasteiger partial charge in [0.05, 0.1) is 20.8 Å². The Labute approximate surface area is 232 Å². The molecule has 1 saturated heterocycles. The molecule has 39 heavy (non-hydrogen) atoms. The van der Waals surface area contributed by atoms with Crippen LogP contribution in [0.1, 0.15) is 23.3 Å². The number of urea groups is 1. The minimum absolute atomic E-state index is 0.0899. The summed E-state index contributed by atoms with van der Waals surface area (Å²) in [6.45, 7) is 3.70. The fraction of sp³-hybridized carbons (Fsp3) is 0.379. The third-order valence-electron chi connectivity index (χ3n) is 6.67. The Morgan fingerprint density at radius 2 is 1.67 bits per heavy atom. The second-order valence-corrected chi connectivity index (χ2v) is 10.5. The average Bonchev–Trinajstić information content (AvgIpc) is 3.66. The van der Waals surface area contributed by atoms with E-state index in [4.69, 9.17) is 9.47 Å². The highest BCUT2D eigenvalue weighted by Gasteiger charge is 2.24. The lowest BCUT2D eigenvalue weighted by atomic mass is 10.2. The van der Waals surface area contributed by atoms with Gasteiger partial charge >= 0.3 is 6.03 Å². The Bertz CT molecular complexity index is 1190. The minimum Gasteiger partial charge on any atom is -0.497 e. The van der Waals surface area contributed by atoms with Crippen molar-refractivity contribution in [1.82, 2.24) is 14.7 Å². The van der Waals surface area contributed by atoms with Gasteiger partial charge in [0.25, 0.3) is 0 Å². The van der Waals surface area contributed by atoms with E-state index in [-0.39, 0.29) is 24.3 Å². The minimum atomic E-state index is -0.379. The monoisotopic (exact) mass is 554 g/mol. The molecule has 1 aliphatic rings. The van der Waals surface area contributed by atoms with Gasteiger partial charge in [-0.3, -0.25) is 4.79 Å². The molecule has 4 rings (SSSR count). The number of halogens is 1. The average molecular weight is 555 g/mol. The van der Waals surface area contributed by atoms with Crippen LogP contribution in [0, 0.1) is 5.82 Å². The van der Waals surface area contributed by atoms with Crippen LogP contribution in [0.5, 0.6) is 11.5 Å². The van der Waals surface area contributed by atoms with Gasteiger partial charge < -0.3 is 29.5 Å². The van der Waals surface area contributed by atoms with E-state index in [9.17, 15) is 14.0 Å². The van der Waals surface area contributed by atoms with Gasteiger partial charge in [0.1, 0.15) is 23.9 Å². The number of amides is 3. The van der Waals surface area contributed by atoms with E-state index in [0.717, 1.165) is 36.4 Å². The highest BCUT2D eigenvalue weighted by molar-refractivity contribution is 7.09. The molecular formula is C29H35FN4O4S. The number of anilines is 1. The number of benzene rings is 2. The first kappa shape index (κ1) is 28.4. The second-order valence-electron chi connectivity index (χ2n) is 9.46. The normalized spacial score (nSPS) is 13.2. The van der Waals surface area contributed by atoms with Crippen molar-refractivity contribution in [3.8, 4) is 11.5 Å². The number of carbonyl (C=O) groups excluding carboxylic acids is 2. The summed E-state index contributed by atoms with van der Waals surface area (Å²) in [5.41, 5.74) is 1.33. The molecule has 0 bridgehead atoms.